The minimum atomic E-state index is -0.175. The fraction of sp³-hybridized carbons (Fsp3) is 0.636. The van der Waals surface area contributed by atoms with E-state index in [4.69, 9.17) is 5.73 Å². The summed E-state index contributed by atoms with van der Waals surface area (Å²) in [5.74, 6) is -0.175. The summed E-state index contributed by atoms with van der Waals surface area (Å²) >= 11 is 0. The van der Waals surface area contributed by atoms with Crippen LogP contribution in [0.15, 0.2) is 6.20 Å². The van der Waals surface area contributed by atoms with Gasteiger partial charge in [0, 0.05) is 19.3 Å². The molecule has 17 heavy (non-hydrogen) atoms. The van der Waals surface area contributed by atoms with Gasteiger partial charge >= 0.3 is 0 Å². The summed E-state index contributed by atoms with van der Waals surface area (Å²) in [5, 5.41) is 13.4. The average molecular weight is 238 g/mol. The van der Waals surface area contributed by atoms with Gasteiger partial charge in [-0.2, -0.15) is 5.10 Å². The molecule has 6 nitrogen and oxygen atoms in total. The van der Waals surface area contributed by atoms with Crippen LogP contribution in [0.4, 0.5) is 5.69 Å². The Morgan fingerprint density at radius 2 is 2.47 bits per heavy atom. The number of aromatic nitrogens is 2. The first kappa shape index (κ1) is 11.9. The molecule has 1 fully saturated rings. The van der Waals surface area contributed by atoms with Gasteiger partial charge in [-0.15, -0.1) is 0 Å². The molecular formula is C11H18N4O2. The van der Waals surface area contributed by atoms with Crippen molar-refractivity contribution in [2.45, 2.75) is 32.4 Å². The lowest BCUT2D eigenvalue weighted by molar-refractivity contribution is 0.0672. The number of likely N-dealkylation sites (tertiary alicyclic amines) is 1. The number of amides is 1. The summed E-state index contributed by atoms with van der Waals surface area (Å²) < 4.78 is 1.65. The molecule has 0 spiro atoms. The highest BCUT2D eigenvalue weighted by molar-refractivity contribution is 5.97. The quantitative estimate of drug-likeness (QED) is 0.781. The van der Waals surface area contributed by atoms with E-state index in [0.29, 0.717) is 24.5 Å². The van der Waals surface area contributed by atoms with Crippen LogP contribution in [-0.2, 0) is 6.54 Å². The molecule has 1 aliphatic heterocycles. The van der Waals surface area contributed by atoms with Gasteiger partial charge in [-0.1, -0.05) is 0 Å². The summed E-state index contributed by atoms with van der Waals surface area (Å²) in [6.45, 7) is 3.29. The van der Waals surface area contributed by atoms with Gasteiger partial charge in [0.1, 0.15) is 0 Å². The van der Waals surface area contributed by atoms with Crippen molar-refractivity contribution in [2.75, 3.05) is 18.9 Å². The fourth-order valence-electron chi connectivity index (χ4n) is 2.19. The van der Waals surface area contributed by atoms with E-state index in [1.54, 1.807) is 15.8 Å². The third-order valence-corrected chi connectivity index (χ3v) is 3.17. The maximum atomic E-state index is 12.2. The molecule has 6 heteroatoms. The van der Waals surface area contributed by atoms with Crippen molar-refractivity contribution < 1.29 is 9.90 Å². The Morgan fingerprint density at radius 1 is 1.71 bits per heavy atom. The van der Waals surface area contributed by atoms with Crippen molar-refractivity contribution in [3.05, 3.63) is 11.9 Å². The average Bonchev–Trinajstić information content (AvgIpc) is 2.93. The van der Waals surface area contributed by atoms with E-state index in [9.17, 15) is 9.90 Å². The molecule has 2 rings (SSSR count). The molecule has 0 aromatic carbocycles. The van der Waals surface area contributed by atoms with Crippen molar-refractivity contribution >= 4 is 11.6 Å². The van der Waals surface area contributed by atoms with Gasteiger partial charge in [0.05, 0.1) is 18.3 Å². The molecule has 0 bridgehead atoms. The summed E-state index contributed by atoms with van der Waals surface area (Å²) in [6.07, 6.45) is 3.43. The van der Waals surface area contributed by atoms with Gasteiger partial charge in [-0.05, 0) is 19.8 Å². The van der Waals surface area contributed by atoms with Crippen LogP contribution >= 0.6 is 0 Å². The molecule has 94 valence electrons. The SMILES string of the molecule is CCn1cc(N)c(C(=O)N2CCC[C@@H]2CO)n1. The Morgan fingerprint density at radius 3 is 3.06 bits per heavy atom. The van der Waals surface area contributed by atoms with E-state index in [1.165, 1.54) is 0 Å². The number of aliphatic hydroxyl groups excluding tert-OH is 1. The highest BCUT2D eigenvalue weighted by Gasteiger charge is 2.31. The van der Waals surface area contributed by atoms with Crippen LogP contribution < -0.4 is 5.73 Å². The Bertz CT molecular complexity index is 416. The summed E-state index contributed by atoms with van der Waals surface area (Å²) in [6, 6.07) is -0.0892. The normalized spacial score (nSPS) is 19.9. The molecule has 1 atom stereocenters. The number of nitrogen functional groups attached to an aromatic ring is 1. The smallest absolute Gasteiger partial charge is 0.276 e. The van der Waals surface area contributed by atoms with E-state index >= 15 is 0 Å². The van der Waals surface area contributed by atoms with Gasteiger partial charge in [-0.3, -0.25) is 9.48 Å². The molecule has 2 heterocycles. The monoisotopic (exact) mass is 238 g/mol. The van der Waals surface area contributed by atoms with Crippen LogP contribution in [0.5, 0.6) is 0 Å². The van der Waals surface area contributed by atoms with Crippen LogP contribution in [-0.4, -0.2) is 44.9 Å². The van der Waals surface area contributed by atoms with Crippen molar-refractivity contribution in [3.8, 4) is 0 Å². The molecule has 0 aliphatic carbocycles. The number of aliphatic hydroxyl groups is 1. The minimum absolute atomic E-state index is 0.000130. The van der Waals surface area contributed by atoms with E-state index in [1.807, 2.05) is 6.92 Å². The number of hydrogen-bond donors (Lipinski definition) is 2. The zero-order valence-corrected chi connectivity index (χ0v) is 9.96. The number of carbonyl (C=O) groups excluding carboxylic acids is 1. The lowest BCUT2D eigenvalue weighted by atomic mass is 10.2. The number of anilines is 1. The molecule has 3 N–H and O–H groups in total. The van der Waals surface area contributed by atoms with Crippen molar-refractivity contribution in [1.82, 2.24) is 14.7 Å². The third kappa shape index (κ3) is 2.12. The highest BCUT2D eigenvalue weighted by Crippen LogP contribution is 2.21. The Kier molecular flexibility index (Phi) is 3.33. The molecule has 0 unspecified atom stereocenters. The van der Waals surface area contributed by atoms with Crippen LogP contribution in [0, 0.1) is 0 Å². The zero-order valence-electron chi connectivity index (χ0n) is 9.96. The van der Waals surface area contributed by atoms with Crippen molar-refractivity contribution in [3.63, 3.8) is 0 Å². The predicted octanol–water partition coefficient (Wildman–Crippen LogP) is 0.0821. The lowest BCUT2D eigenvalue weighted by Gasteiger charge is -2.22. The second-order valence-corrected chi connectivity index (χ2v) is 4.27. The standard InChI is InChI=1S/C11H18N4O2/c1-2-14-6-9(12)10(13-14)11(17)15-5-3-4-8(15)7-16/h6,8,16H,2-5,7,12H2,1H3/t8-/m1/s1. The van der Waals surface area contributed by atoms with Gasteiger partial charge in [0.25, 0.3) is 5.91 Å². The van der Waals surface area contributed by atoms with Crippen LogP contribution in [0.3, 0.4) is 0 Å². The van der Waals surface area contributed by atoms with Gasteiger partial charge < -0.3 is 15.7 Å². The fourth-order valence-corrected chi connectivity index (χ4v) is 2.19. The zero-order chi connectivity index (χ0) is 12.4. The maximum Gasteiger partial charge on any atom is 0.276 e. The molecule has 1 amide bonds. The third-order valence-electron chi connectivity index (χ3n) is 3.17. The summed E-state index contributed by atoms with van der Waals surface area (Å²) in [4.78, 5) is 13.9. The van der Waals surface area contributed by atoms with Crippen LogP contribution in [0.2, 0.25) is 0 Å². The van der Waals surface area contributed by atoms with Crippen LogP contribution in [0.25, 0.3) is 0 Å². The molecule has 0 saturated carbocycles. The number of nitrogens with two attached hydrogens (primary N) is 1. The maximum absolute atomic E-state index is 12.2. The molecule has 1 saturated heterocycles. The van der Waals surface area contributed by atoms with Crippen molar-refractivity contribution in [1.29, 1.82) is 0 Å². The number of hydrogen-bond acceptors (Lipinski definition) is 4. The summed E-state index contributed by atoms with van der Waals surface area (Å²) in [5.41, 5.74) is 6.48. The van der Waals surface area contributed by atoms with E-state index < -0.39 is 0 Å². The predicted molar refractivity (Wildman–Crippen MR) is 63.5 cm³/mol. The topological polar surface area (TPSA) is 84.4 Å². The first-order chi connectivity index (χ1) is 8.17. The van der Waals surface area contributed by atoms with Gasteiger partial charge in [-0.25, -0.2) is 0 Å². The molecule has 0 radical (unpaired) electrons. The molecule has 1 aliphatic rings. The molecular weight excluding hydrogens is 220 g/mol. The number of nitrogens with zero attached hydrogens (tertiary/aromatic N) is 3. The van der Waals surface area contributed by atoms with Gasteiger partial charge in [0.15, 0.2) is 5.69 Å². The minimum Gasteiger partial charge on any atom is -0.396 e. The van der Waals surface area contributed by atoms with E-state index in [-0.39, 0.29) is 18.6 Å². The van der Waals surface area contributed by atoms with Gasteiger partial charge in [0.2, 0.25) is 0 Å². The largest absolute Gasteiger partial charge is 0.396 e. The Balaban J connectivity index is 2.21. The summed E-state index contributed by atoms with van der Waals surface area (Å²) in [7, 11) is 0. The Labute approximate surface area is 100 Å². The second kappa shape index (κ2) is 4.75. The second-order valence-electron chi connectivity index (χ2n) is 4.27. The Hall–Kier alpha value is -1.56. The molecule has 1 aromatic rings. The van der Waals surface area contributed by atoms with Crippen LogP contribution in [0.1, 0.15) is 30.3 Å². The van der Waals surface area contributed by atoms with E-state index in [0.717, 1.165) is 12.8 Å². The first-order valence-corrected chi connectivity index (χ1v) is 5.92. The highest BCUT2D eigenvalue weighted by atomic mass is 16.3. The van der Waals surface area contributed by atoms with Crippen molar-refractivity contribution in [2.24, 2.45) is 0 Å². The number of rotatable bonds is 3. The molecule has 1 aromatic heterocycles. The number of aryl methyl sites for hydroxylation is 1. The first-order valence-electron chi connectivity index (χ1n) is 5.92. The van der Waals surface area contributed by atoms with E-state index in [2.05, 4.69) is 5.10 Å². The number of carbonyl (C=O) groups is 1. The lowest BCUT2D eigenvalue weighted by Crippen LogP contribution is -2.38.